The Bertz CT molecular complexity index is 629. The Morgan fingerprint density at radius 1 is 1.38 bits per heavy atom. The van der Waals surface area contributed by atoms with Crippen molar-refractivity contribution in [1.82, 2.24) is 4.90 Å². The molecule has 128 valence electrons. The molecule has 0 unspecified atom stereocenters. The van der Waals surface area contributed by atoms with Gasteiger partial charge in [-0.3, -0.25) is 14.5 Å². The summed E-state index contributed by atoms with van der Waals surface area (Å²) in [6.07, 6.45) is 3.36. The summed E-state index contributed by atoms with van der Waals surface area (Å²) < 4.78 is 4.80. The second-order valence-corrected chi connectivity index (χ2v) is 6.50. The zero-order chi connectivity index (χ0) is 17.5. The number of carbonyl (C=O) groups is 3. The number of imide groups is 1. The van der Waals surface area contributed by atoms with Gasteiger partial charge in [0.15, 0.2) is 0 Å². The highest BCUT2D eigenvalue weighted by molar-refractivity contribution is 8.14. The van der Waals surface area contributed by atoms with E-state index in [1.165, 1.54) is 17.1 Å². The van der Waals surface area contributed by atoms with E-state index in [1.54, 1.807) is 13.8 Å². The number of nitrogens with zero attached hydrogens (tertiary/aromatic N) is 1. The minimum absolute atomic E-state index is 0.157. The van der Waals surface area contributed by atoms with Crippen LogP contribution >= 0.6 is 11.8 Å². The Balaban J connectivity index is 2.04. The zero-order valence-corrected chi connectivity index (χ0v) is 14.6. The van der Waals surface area contributed by atoms with E-state index in [4.69, 9.17) is 4.74 Å². The summed E-state index contributed by atoms with van der Waals surface area (Å²) in [6, 6.07) is 9.63. The molecule has 6 heteroatoms. The van der Waals surface area contributed by atoms with Crippen LogP contribution in [0.1, 0.15) is 19.4 Å². The Morgan fingerprint density at radius 2 is 2.08 bits per heavy atom. The SMILES string of the molecule is CCOC(=O)/C=C/[C@@H](C)C(=O)N1C(=O)SC[C@@H]1Cc1ccccc1. The summed E-state index contributed by atoms with van der Waals surface area (Å²) in [4.78, 5) is 37.4. The van der Waals surface area contributed by atoms with E-state index < -0.39 is 11.9 Å². The molecule has 1 aliphatic rings. The normalized spacial score (nSPS) is 18.8. The van der Waals surface area contributed by atoms with E-state index in [0.717, 1.165) is 17.3 Å². The lowest BCUT2D eigenvalue weighted by Crippen LogP contribution is -2.42. The lowest BCUT2D eigenvalue weighted by atomic mass is 10.0. The molecule has 2 amide bonds. The number of rotatable bonds is 6. The predicted molar refractivity (Wildman–Crippen MR) is 93.6 cm³/mol. The quantitative estimate of drug-likeness (QED) is 0.585. The molecule has 0 radical (unpaired) electrons. The van der Waals surface area contributed by atoms with E-state index in [2.05, 4.69) is 0 Å². The molecule has 1 heterocycles. The molecule has 24 heavy (non-hydrogen) atoms. The summed E-state index contributed by atoms with van der Waals surface area (Å²) in [5.74, 6) is -0.741. The van der Waals surface area contributed by atoms with Crippen molar-refractivity contribution in [3.05, 3.63) is 48.0 Å². The van der Waals surface area contributed by atoms with Crippen molar-refractivity contribution in [2.75, 3.05) is 12.4 Å². The van der Waals surface area contributed by atoms with Crippen molar-refractivity contribution in [3.8, 4) is 0 Å². The van der Waals surface area contributed by atoms with Crippen molar-refractivity contribution in [2.45, 2.75) is 26.3 Å². The number of amides is 2. The van der Waals surface area contributed by atoms with Gasteiger partial charge in [0.25, 0.3) is 5.24 Å². The minimum Gasteiger partial charge on any atom is -0.463 e. The average molecular weight is 347 g/mol. The van der Waals surface area contributed by atoms with E-state index >= 15 is 0 Å². The van der Waals surface area contributed by atoms with Crippen LogP contribution in [-0.4, -0.2) is 40.4 Å². The van der Waals surface area contributed by atoms with Crippen LogP contribution in [0.5, 0.6) is 0 Å². The third-order valence-corrected chi connectivity index (χ3v) is 4.70. The molecule has 0 bridgehead atoms. The molecule has 2 atom stereocenters. The van der Waals surface area contributed by atoms with Gasteiger partial charge in [0.05, 0.1) is 18.6 Å². The first kappa shape index (κ1) is 18.3. The molecule has 0 aromatic heterocycles. The van der Waals surface area contributed by atoms with Crippen molar-refractivity contribution in [1.29, 1.82) is 0 Å². The van der Waals surface area contributed by atoms with Crippen LogP contribution in [0.15, 0.2) is 42.5 Å². The lowest BCUT2D eigenvalue weighted by molar-refractivity contribution is -0.137. The molecule has 5 nitrogen and oxygen atoms in total. The van der Waals surface area contributed by atoms with Gasteiger partial charge in [-0.05, 0) is 18.9 Å². The Kier molecular flexibility index (Phi) is 6.61. The Morgan fingerprint density at radius 3 is 2.75 bits per heavy atom. The molecule has 0 spiro atoms. The summed E-state index contributed by atoms with van der Waals surface area (Å²) in [6.45, 7) is 3.68. The topological polar surface area (TPSA) is 63.7 Å². The first-order valence-electron chi connectivity index (χ1n) is 7.91. The molecule has 0 N–H and O–H groups in total. The lowest BCUT2D eigenvalue weighted by Gasteiger charge is -2.24. The molecule has 1 aromatic carbocycles. The average Bonchev–Trinajstić information content (AvgIpc) is 2.93. The number of benzene rings is 1. The van der Waals surface area contributed by atoms with E-state index in [-0.39, 0.29) is 23.8 Å². The van der Waals surface area contributed by atoms with Crippen molar-refractivity contribution in [2.24, 2.45) is 5.92 Å². The van der Waals surface area contributed by atoms with E-state index in [0.29, 0.717) is 12.2 Å². The van der Waals surface area contributed by atoms with Crippen molar-refractivity contribution in [3.63, 3.8) is 0 Å². The summed E-state index contributed by atoms with van der Waals surface area (Å²) in [5.41, 5.74) is 1.09. The molecule has 1 saturated heterocycles. The smallest absolute Gasteiger partial charge is 0.330 e. The Labute approximate surface area is 146 Å². The highest BCUT2D eigenvalue weighted by Crippen LogP contribution is 2.28. The predicted octanol–water partition coefficient (Wildman–Crippen LogP) is 3.05. The van der Waals surface area contributed by atoms with E-state index in [9.17, 15) is 14.4 Å². The van der Waals surface area contributed by atoms with Gasteiger partial charge in [0, 0.05) is 11.8 Å². The van der Waals surface area contributed by atoms with Gasteiger partial charge < -0.3 is 4.74 Å². The number of hydrogen-bond acceptors (Lipinski definition) is 5. The van der Waals surface area contributed by atoms with Gasteiger partial charge >= 0.3 is 5.97 Å². The summed E-state index contributed by atoms with van der Waals surface area (Å²) >= 11 is 1.16. The van der Waals surface area contributed by atoms with Crippen molar-refractivity contribution < 1.29 is 19.1 Å². The molecule has 0 aliphatic carbocycles. The number of ether oxygens (including phenoxy) is 1. The highest BCUT2D eigenvalue weighted by Gasteiger charge is 2.37. The summed E-state index contributed by atoms with van der Waals surface area (Å²) in [5, 5.41) is -0.225. The van der Waals surface area contributed by atoms with E-state index in [1.807, 2.05) is 30.3 Å². The number of thioether (sulfide) groups is 1. The fourth-order valence-corrected chi connectivity index (χ4v) is 3.46. The fraction of sp³-hybridized carbons (Fsp3) is 0.389. The van der Waals surface area contributed by atoms with Crippen LogP contribution in [0.4, 0.5) is 4.79 Å². The van der Waals surface area contributed by atoms with Crippen molar-refractivity contribution >= 4 is 28.9 Å². The Hall–Kier alpha value is -2.08. The molecule has 0 saturated carbocycles. The summed E-state index contributed by atoms with van der Waals surface area (Å²) in [7, 11) is 0. The molecule has 1 aromatic rings. The van der Waals surface area contributed by atoms with Crippen LogP contribution in [0, 0.1) is 5.92 Å². The zero-order valence-electron chi connectivity index (χ0n) is 13.8. The second kappa shape index (κ2) is 8.68. The van der Waals surface area contributed by atoms with Gasteiger partial charge in [-0.25, -0.2) is 4.79 Å². The number of carbonyl (C=O) groups excluding carboxylic acids is 3. The number of esters is 1. The molecule has 1 fully saturated rings. The second-order valence-electron chi connectivity index (χ2n) is 5.53. The first-order chi connectivity index (χ1) is 11.5. The van der Waals surface area contributed by atoms with Crippen LogP contribution < -0.4 is 0 Å². The van der Waals surface area contributed by atoms with Gasteiger partial charge in [-0.1, -0.05) is 55.1 Å². The monoisotopic (exact) mass is 347 g/mol. The maximum atomic E-state index is 12.6. The fourth-order valence-electron chi connectivity index (χ4n) is 2.48. The van der Waals surface area contributed by atoms with Crippen LogP contribution in [0.2, 0.25) is 0 Å². The highest BCUT2D eigenvalue weighted by atomic mass is 32.2. The molecular formula is C18H21NO4S. The van der Waals surface area contributed by atoms with Gasteiger partial charge in [-0.15, -0.1) is 0 Å². The third kappa shape index (κ3) is 4.71. The van der Waals surface area contributed by atoms with Crippen LogP contribution in [-0.2, 0) is 20.7 Å². The maximum Gasteiger partial charge on any atom is 0.330 e. The van der Waals surface area contributed by atoms with Crippen LogP contribution in [0.3, 0.4) is 0 Å². The first-order valence-corrected chi connectivity index (χ1v) is 8.90. The van der Waals surface area contributed by atoms with Crippen LogP contribution in [0.25, 0.3) is 0 Å². The minimum atomic E-state index is -0.560. The van der Waals surface area contributed by atoms with Gasteiger partial charge in [0.2, 0.25) is 5.91 Å². The van der Waals surface area contributed by atoms with Gasteiger partial charge in [-0.2, -0.15) is 0 Å². The maximum absolute atomic E-state index is 12.6. The number of hydrogen-bond donors (Lipinski definition) is 0. The third-order valence-electron chi connectivity index (χ3n) is 3.71. The molecular weight excluding hydrogens is 326 g/mol. The largest absolute Gasteiger partial charge is 0.463 e. The molecule has 1 aliphatic heterocycles. The van der Waals surface area contributed by atoms with Gasteiger partial charge in [0.1, 0.15) is 0 Å². The standard InChI is InChI=1S/C18H21NO4S/c1-3-23-16(20)10-9-13(2)17(21)19-15(12-24-18(19)22)11-14-7-5-4-6-8-14/h4-10,13,15H,3,11-12H2,1-2H3/b10-9+/t13-,15+/m1/s1. The molecule has 2 rings (SSSR count).